The molecule has 0 radical (unpaired) electrons. The van der Waals surface area contributed by atoms with Crippen LogP contribution in [0.3, 0.4) is 0 Å². The number of ether oxygens (including phenoxy) is 1. The first kappa shape index (κ1) is 29.9. The van der Waals surface area contributed by atoms with E-state index in [1.54, 1.807) is 11.8 Å². The monoisotopic (exact) mass is 530 g/mol. The number of nitrogens with zero attached hydrogens (tertiary/aromatic N) is 3. The lowest BCUT2D eigenvalue weighted by Crippen LogP contribution is -2.55. The van der Waals surface area contributed by atoms with Crippen LogP contribution in [0.4, 0.5) is 9.18 Å². The molecule has 2 amide bonds. The third-order valence-electron chi connectivity index (χ3n) is 7.75. The fourth-order valence-corrected chi connectivity index (χ4v) is 5.63. The minimum atomic E-state index is -1.78. The fraction of sp³-hybridized carbons (Fsp3) is 0.667. The second-order valence-corrected chi connectivity index (χ2v) is 11.4. The van der Waals surface area contributed by atoms with E-state index in [0.29, 0.717) is 32.5 Å². The predicted octanol–water partition coefficient (Wildman–Crippen LogP) is 2.46. The number of piperidine rings is 1. The number of amides is 2. The van der Waals surface area contributed by atoms with E-state index >= 15 is 0 Å². The van der Waals surface area contributed by atoms with Gasteiger partial charge in [-0.15, -0.1) is 0 Å². The summed E-state index contributed by atoms with van der Waals surface area (Å²) < 4.78 is 19.3. The summed E-state index contributed by atoms with van der Waals surface area (Å²) >= 11 is 0. The van der Waals surface area contributed by atoms with E-state index in [4.69, 9.17) is 4.74 Å². The number of alkyl carbamates (subject to hydrolysis) is 1. The Morgan fingerprint density at radius 2 is 1.92 bits per heavy atom. The number of hydrogen-bond donors (Lipinski definition) is 3. The number of hydrogen-bond acceptors (Lipinski definition) is 7. The van der Waals surface area contributed by atoms with Gasteiger partial charge in [-0.1, -0.05) is 30.3 Å². The number of nitriles is 1. The van der Waals surface area contributed by atoms with Crippen LogP contribution in [0, 0.1) is 16.7 Å². The molecule has 1 unspecified atom stereocenters. The van der Waals surface area contributed by atoms with Crippen molar-refractivity contribution in [2.75, 3.05) is 26.2 Å². The molecule has 0 spiro atoms. The highest BCUT2D eigenvalue weighted by atomic mass is 19.1. The van der Waals surface area contributed by atoms with Crippen molar-refractivity contribution in [1.82, 2.24) is 15.1 Å². The van der Waals surface area contributed by atoms with E-state index in [2.05, 4.69) is 11.4 Å². The maximum Gasteiger partial charge on any atom is 0.475 e. The zero-order chi connectivity index (χ0) is 27.9. The molecule has 9 nitrogen and oxygen atoms in total. The first-order chi connectivity index (χ1) is 17.9. The lowest BCUT2D eigenvalue weighted by molar-refractivity contribution is -0.145. The summed E-state index contributed by atoms with van der Waals surface area (Å²) in [4.78, 5) is 29.9. The van der Waals surface area contributed by atoms with Crippen molar-refractivity contribution < 1.29 is 28.8 Å². The van der Waals surface area contributed by atoms with Gasteiger partial charge >= 0.3 is 13.2 Å². The van der Waals surface area contributed by atoms with Crippen LogP contribution in [0.25, 0.3) is 0 Å². The predicted molar refractivity (Wildman–Crippen MR) is 141 cm³/mol. The third-order valence-corrected chi connectivity index (χ3v) is 7.75. The average Bonchev–Trinajstić information content (AvgIpc) is 3.34. The fourth-order valence-electron chi connectivity index (χ4n) is 5.63. The van der Waals surface area contributed by atoms with Crippen molar-refractivity contribution in [2.24, 2.45) is 5.41 Å². The number of likely N-dealkylation sites (tertiary alicyclic amines) is 2. The van der Waals surface area contributed by atoms with Crippen molar-refractivity contribution >= 4 is 19.1 Å². The molecule has 11 heteroatoms. The second kappa shape index (κ2) is 12.9. The Morgan fingerprint density at radius 3 is 2.53 bits per heavy atom. The first-order valence-electron chi connectivity index (χ1n) is 13.4. The molecule has 208 valence electrons. The summed E-state index contributed by atoms with van der Waals surface area (Å²) in [5.41, 5.74) is -1.04. The molecule has 2 aliphatic heterocycles. The number of nitrogens with one attached hydrogen (secondary N) is 1. The molecule has 0 aromatic heterocycles. The number of carbonyl (C=O) groups is 2. The summed E-state index contributed by atoms with van der Waals surface area (Å²) in [6.07, 6.45) is 1.46. The molecular formula is C27H40BFN4O5. The minimum absolute atomic E-state index is 0.0717. The zero-order valence-corrected chi connectivity index (χ0v) is 22.6. The van der Waals surface area contributed by atoms with Crippen LogP contribution in [-0.2, 0) is 16.0 Å². The number of alkyl halides is 1. The van der Waals surface area contributed by atoms with Crippen LogP contribution in [0.2, 0.25) is 0 Å². The molecule has 2 fully saturated rings. The Balaban J connectivity index is 1.62. The Hall–Kier alpha value is -2.68. The van der Waals surface area contributed by atoms with Crippen molar-refractivity contribution in [2.45, 2.75) is 83.0 Å². The van der Waals surface area contributed by atoms with Gasteiger partial charge in [0, 0.05) is 25.2 Å². The quantitative estimate of drug-likeness (QED) is 0.397. The molecule has 3 rings (SSSR count). The van der Waals surface area contributed by atoms with Crippen molar-refractivity contribution in [3.05, 3.63) is 35.9 Å². The molecule has 0 bridgehead atoms. The van der Waals surface area contributed by atoms with Crippen LogP contribution in [-0.4, -0.2) is 88.9 Å². The van der Waals surface area contributed by atoms with E-state index in [-0.39, 0.29) is 25.4 Å². The van der Waals surface area contributed by atoms with Crippen molar-refractivity contribution in [3.8, 4) is 6.07 Å². The maximum absolute atomic E-state index is 13.8. The van der Waals surface area contributed by atoms with Gasteiger partial charge in [0.15, 0.2) is 0 Å². The van der Waals surface area contributed by atoms with Crippen molar-refractivity contribution in [1.29, 1.82) is 5.26 Å². The van der Waals surface area contributed by atoms with Gasteiger partial charge in [-0.3, -0.25) is 9.69 Å². The highest BCUT2D eigenvalue weighted by Gasteiger charge is 2.46. The molecule has 1 aromatic rings. The summed E-state index contributed by atoms with van der Waals surface area (Å²) in [7, 11) is -1.78. The van der Waals surface area contributed by atoms with E-state index in [9.17, 15) is 29.3 Å². The minimum Gasteiger partial charge on any atom is -0.447 e. The van der Waals surface area contributed by atoms with E-state index in [0.717, 1.165) is 18.4 Å². The molecule has 4 atom stereocenters. The van der Waals surface area contributed by atoms with E-state index in [1.807, 2.05) is 49.1 Å². The number of rotatable bonds is 10. The lowest BCUT2D eigenvalue weighted by Gasteiger charge is -2.43. The molecule has 3 N–H and O–H groups in total. The van der Waals surface area contributed by atoms with Gasteiger partial charge in [0.2, 0.25) is 5.91 Å². The molecule has 2 saturated heterocycles. The molecule has 2 aliphatic rings. The van der Waals surface area contributed by atoms with Crippen LogP contribution in [0.5, 0.6) is 0 Å². The highest BCUT2D eigenvalue weighted by Crippen LogP contribution is 2.37. The van der Waals surface area contributed by atoms with Gasteiger partial charge in [0.25, 0.3) is 0 Å². The van der Waals surface area contributed by atoms with Gasteiger partial charge in [0.05, 0.1) is 18.1 Å². The first-order valence-corrected chi connectivity index (χ1v) is 13.4. The van der Waals surface area contributed by atoms with Crippen molar-refractivity contribution in [3.63, 3.8) is 0 Å². The van der Waals surface area contributed by atoms with Crippen LogP contribution in [0.1, 0.15) is 58.4 Å². The Bertz CT molecular complexity index is 991. The molecule has 0 saturated carbocycles. The smallest absolute Gasteiger partial charge is 0.447 e. The second-order valence-electron chi connectivity index (χ2n) is 11.4. The number of benzene rings is 1. The highest BCUT2D eigenvalue weighted by molar-refractivity contribution is 6.43. The molecular weight excluding hydrogens is 490 g/mol. The summed E-state index contributed by atoms with van der Waals surface area (Å²) in [5, 5.41) is 32.1. The summed E-state index contributed by atoms with van der Waals surface area (Å²) in [6, 6.07) is 11.0. The largest absolute Gasteiger partial charge is 0.475 e. The standard InChI is InChI=1S/C27H40BFN4O5/c1-26(2,32-14-12-21(29)16-32)18-27(3,19-30)24(34)33-13-8-7-11-22(33)17-38-25(35)31-23(28(36)37)15-20-9-5-4-6-10-20/h4-6,9-10,21-23,36-37H,7-8,11-18H2,1-3H3,(H,31,35)/t21-,22-,23+,27?/m1/s1. The van der Waals surface area contributed by atoms with E-state index < -0.39 is 42.3 Å². The Morgan fingerprint density at radius 1 is 1.21 bits per heavy atom. The Labute approximate surface area is 225 Å². The van der Waals surface area contributed by atoms with Gasteiger partial charge in [0.1, 0.15) is 18.2 Å². The van der Waals surface area contributed by atoms with Crippen LogP contribution < -0.4 is 5.32 Å². The van der Waals surface area contributed by atoms with Gasteiger partial charge in [-0.05, 0) is 64.9 Å². The molecule has 0 aliphatic carbocycles. The SMILES string of the molecule is CC(C#N)(CC(C)(C)N1CC[C@@H](F)C1)C(=O)N1CCCC[C@@H]1COC(=O)N[C@@H](Cc1ccccc1)B(O)O. The molecule has 2 heterocycles. The average molecular weight is 530 g/mol. The summed E-state index contributed by atoms with van der Waals surface area (Å²) in [6.45, 7) is 6.79. The maximum atomic E-state index is 13.8. The van der Waals surface area contributed by atoms with E-state index in [1.165, 1.54) is 0 Å². The van der Waals surface area contributed by atoms with Gasteiger partial charge in [-0.25, -0.2) is 9.18 Å². The Kier molecular flexibility index (Phi) is 10.2. The van der Waals surface area contributed by atoms with Gasteiger partial charge < -0.3 is 25.0 Å². The molecule has 1 aromatic carbocycles. The van der Waals surface area contributed by atoms with Crippen LogP contribution >= 0.6 is 0 Å². The lowest BCUT2D eigenvalue weighted by atomic mass is 9.76. The topological polar surface area (TPSA) is 126 Å². The number of carbonyl (C=O) groups excluding carboxylic acids is 2. The zero-order valence-electron chi connectivity index (χ0n) is 22.6. The normalized spacial score (nSPS) is 22.7. The van der Waals surface area contributed by atoms with Gasteiger partial charge in [-0.2, -0.15) is 5.26 Å². The van der Waals surface area contributed by atoms with Crippen LogP contribution in [0.15, 0.2) is 30.3 Å². The number of halogens is 1. The third kappa shape index (κ3) is 7.68. The molecule has 38 heavy (non-hydrogen) atoms. The summed E-state index contributed by atoms with van der Waals surface area (Å²) in [5.74, 6) is -1.28.